The molecule has 1 amide bonds. The maximum absolute atomic E-state index is 13.1. The Kier molecular flexibility index (Phi) is 5.66. The number of amides is 1. The lowest BCUT2D eigenvalue weighted by atomic mass is 9.95. The van der Waals surface area contributed by atoms with Crippen LogP contribution >= 0.6 is 0 Å². The van der Waals surface area contributed by atoms with Crippen LogP contribution in [0.15, 0.2) is 78.4 Å². The molecule has 1 saturated heterocycles. The van der Waals surface area contributed by atoms with Crippen LogP contribution in [0.25, 0.3) is 5.76 Å². The zero-order chi connectivity index (χ0) is 23.7. The number of anilines is 1. The molecule has 1 aliphatic heterocycles. The fourth-order valence-electron chi connectivity index (χ4n) is 3.80. The van der Waals surface area contributed by atoms with E-state index in [1.165, 1.54) is 36.3 Å². The second-order valence-electron chi connectivity index (χ2n) is 7.58. The van der Waals surface area contributed by atoms with Crippen molar-refractivity contribution in [2.24, 2.45) is 0 Å². The summed E-state index contributed by atoms with van der Waals surface area (Å²) in [6.45, 7) is 1.90. The Labute approximate surface area is 189 Å². The van der Waals surface area contributed by atoms with E-state index in [1.807, 2.05) is 19.1 Å². The van der Waals surface area contributed by atoms with Crippen LogP contribution in [0.5, 0.6) is 5.75 Å². The Hall–Kier alpha value is -4.46. The molecule has 1 atom stereocenters. The topological polar surface area (TPSA) is 110 Å². The van der Waals surface area contributed by atoms with E-state index in [-0.39, 0.29) is 17.0 Å². The van der Waals surface area contributed by atoms with Gasteiger partial charge >= 0.3 is 0 Å². The monoisotopic (exact) mass is 444 g/mol. The molecule has 0 bridgehead atoms. The van der Waals surface area contributed by atoms with E-state index in [9.17, 15) is 24.8 Å². The van der Waals surface area contributed by atoms with E-state index in [2.05, 4.69) is 0 Å². The Bertz CT molecular complexity index is 1260. The number of nitro benzene ring substituents is 1. The quantitative estimate of drug-likeness (QED) is 0.203. The zero-order valence-electron chi connectivity index (χ0n) is 17.9. The molecule has 0 aliphatic carbocycles. The number of ether oxygens (including phenoxy) is 1. The number of ketones is 1. The molecule has 0 spiro atoms. The molecular weight excluding hydrogens is 424 g/mol. The number of aryl methyl sites for hydroxylation is 1. The maximum Gasteiger partial charge on any atom is 0.300 e. The van der Waals surface area contributed by atoms with Crippen molar-refractivity contribution in [3.05, 3.63) is 105 Å². The fourth-order valence-corrected chi connectivity index (χ4v) is 3.80. The number of hydrogen-bond donors (Lipinski definition) is 1. The van der Waals surface area contributed by atoms with Gasteiger partial charge in [-0.25, -0.2) is 0 Å². The minimum atomic E-state index is -0.962. The normalized spacial score (nSPS) is 17.3. The molecular formula is C25H20N2O6. The van der Waals surface area contributed by atoms with Crippen LogP contribution in [0.3, 0.4) is 0 Å². The molecule has 3 aromatic rings. The summed E-state index contributed by atoms with van der Waals surface area (Å²) in [5, 5.41) is 22.2. The smallest absolute Gasteiger partial charge is 0.300 e. The van der Waals surface area contributed by atoms with Gasteiger partial charge in [0.05, 0.1) is 23.6 Å². The summed E-state index contributed by atoms with van der Waals surface area (Å²) in [6, 6.07) is 18.1. The summed E-state index contributed by atoms with van der Waals surface area (Å²) in [5.74, 6) is -1.41. The minimum absolute atomic E-state index is 0.0976. The van der Waals surface area contributed by atoms with Crippen molar-refractivity contribution in [2.75, 3.05) is 12.0 Å². The molecule has 3 aromatic carbocycles. The second-order valence-corrected chi connectivity index (χ2v) is 7.58. The maximum atomic E-state index is 13.1. The zero-order valence-corrected chi connectivity index (χ0v) is 17.9. The van der Waals surface area contributed by atoms with Gasteiger partial charge in [0.25, 0.3) is 17.4 Å². The molecule has 0 saturated carbocycles. The predicted molar refractivity (Wildman–Crippen MR) is 122 cm³/mol. The standard InChI is InChI=1S/C25H20N2O6/c1-15-3-9-18(10-4-15)26-22(16-5-11-19(12-6-16)27(31)32)21(24(29)25(26)30)23(28)17-7-13-20(33-2)14-8-17/h3-14,22,28H,1-2H3. The van der Waals surface area contributed by atoms with Crippen LogP contribution < -0.4 is 9.64 Å². The van der Waals surface area contributed by atoms with E-state index in [1.54, 1.807) is 36.4 Å². The highest BCUT2D eigenvalue weighted by atomic mass is 16.6. The number of Topliss-reactive ketones (excluding diaryl/α,β-unsaturated/α-hetero) is 1. The van der Waals surface area contributed by atoms with Gasteiger partial charge in [-0.05, 0) is 61.0 Å². The van der Waals surface area contributed by atoms with Gasteiger partial charge in [0.1, 0.15) is 11.5 Å². The van der Waals surface area contributed by atoms with E-state index in [0.29, 0.717) is 22.6 Å². The van der Waals surface area contributed by atoms with Crippen molar-refractivity contribution < 1.29 is 24.4 Å². The Morgan fingerprint density at radius 3 is 2.12 bits per heavy atom. The number of carbonyl (C=O) groups is 2. The molecule has 1 aliphatic rings. The first-order chi connectivity index (χ1) is 15.8. The highest BCUT2D eigenvalue weighted by Crippen LogP contribution is 2.42. The van der Waals surface area contributed by atoms with Crippen LogP contribution in [0, 0.1) is 17.0 Å². The number of methoxy groups -OCH3 is 1. The molecule has 0 radical (unpaired) electrons. The van der Waals surface area contributed by atoms with Gasteiger partial charge in [-0.2, -0.15) is 0 Å². The lowest BCUT2D eigenvalue weighted by molar-refractivity contribution is -0.384. The Morgan fingerprint density at radius 2 is 1.58 bits per heavy atom. The molecule has 0 aromatic heterocycles. The number of hydrogen-bond acceptors (Lipinski definition) is 6. The first-order valence-corrected chi connectivity index (χ1v) is 10.1. The average Bonchev–Trinajstić information content (AvgIpc) is 3.09. The van der Waals surface area contributed by atoms with Crippen LogP contribution in [0.2, 0.25) is 0 Å². The van der Waals surface area contributed by atoms with Crippen LogP contribution in [0.4, 0.5) is 11.4 Å². The summed E-state index contributed by atoms with van der Waals surface area (Å²) in [5.41, 5.74) is 2.01. The Morgan fingerprint density at radius 1 is 0.970 bits per heavy atom. The van der Waals surface area contributed by atoms with Gasteiger partial charge in [-0.3, -0.25) is 24.6 Å². The number of aliphatic hydroxyl groups is 1. The average molecular weight is 444 g/mol. The van der Waals surface area contributed by atoms with Crippen molar-refractivity contribution in [1.29, 1.82) is 0 Å². The van der Waals surface area contributed by atoms with Crippen molar-refractivity contribution in [2.45, 2.75) is 13.0 Å². The van der Waals surface area contributed by atoms with E-state index in [4.69, 9.17) is 4.74 Å². The van der Waals surface area contributed by atoms with Crippen LogP contribution in [-0.4, -0.2) is 28.8 Å². The number of rotatable bonds is 5. The van der Waals surface area contributed by atoms with Gasteiger partial charge < -0.3 is 9.84 Å². The third-order valence-corrected chi connectivity index (χ3v) is 5.54. The number of aliphatic hydroxyl groups excluding tert-OH is 1. The van der Waals surface area contributed by atoms with Gasteiger partial charge in [0.15, 0.2) is 0 Å². The summed E-state index contributed by atoms with van der Waals surface area (Å²) < 4.78 is 5.14. The summed E-state index contributed by atoms with van der Waals surface area (Å²) in [4.78, 5) is 38.1. The Balaban J connectivity index is 1.91. The molecule has 4 rings (SSSR count). The lowest BCUT2D eigenvalue weighted by Crippen LogP contribution is -2.29. The van der Waals surface area contributed by atoms with Gasteiger partial charge in [0, 0.05) is 23.4 Å². The largest absolute Gasteiger partial charge is 0.507 e. The van der Waals surface area contributed by atoms with Crippen LogP contribution in [-0.2, 0) is 9.59 Å². The van der Waals surface area contributed by atoms with Gasteiger partial charge in [0.2, 0.25) is 0 Å². The summed E-state index contributed by atoms with van der Waals surface area (Å²) in [6.07, 6.45) is 0. The summed E-state index contributed by atoms with van der Waals surface area (Å²) >= 11 is 0. The first-order valence-electron chi connectivity index (χ1n) is 10.1. The number of nitrogens with zero attached hydrogens (tertiary/aromatic N) is 2. The van der Waals surface area contributed by atoms with Gasteiger partial charge in [-0.15, -0.1) is 0 Å². The number of benzene rings is 3. The molecule has 8 heteroatoms. The van der Waals surface area contributed by atoms with Gasteiger partial charge in [-0.1, -0.05) is 17.7 Å². The minimum Gasteiger partial charge on any atom is -0.507 e. The van der Waals surface area contributed by atoms with E-state index in [0.717, 1.165) is 5.56 Å². The molecule has 8 nitrogen and oxygen atoms in total. The highest BCUT2D eigenvalue weighted by Gasteiger charge is 2.47. The third kappa shape index (κ3) is 3.94. The molecule has 1 N–H and O–H groups in total. The number of non-ortho nitro benzene ring substituents is 1. The van der Waals surface area contributed by atoms with Crippen molar-refractivity contribution in [3.8, 4) is 5.75 Å². The molecule has 1 fully saturated rings. The number of carbonyl (C=O) groups excluding carboxylic acids is 2. The SMILES string of the molecule is COc1ccc(C(O)=C2C(=O)C(=O)N(c3ccc(C)cc3)C2c2ccc([N+](=O)[O-])cc2)cc1. The first kappa shape index (κ1) is 21.8. The second kappa shape index (κ2) is 8.58. The van der Waals surface area contributed by atoms with E-state index >= 15 is 0 Å². The van der Waals surface area contributed by atoms with E-state index < -0.39 is 22.7 Å². The third-order valence-electron chi connectivity index (χ3n) is 5.54. The molecule has 166 valence electrons. The lowest BCUT2D eigenvalue weighted by Gasteiger charge is -2.25. The fraction of sp³-hybridized carbons (Fsp3) is 0.120. The number of nitro groups is 1. The molecule has 33 heavy (non-hydrogen) atoms. The molecule has 1 heterocycles. The predicted octanol–water partition coefficient (Wildman–Crippen LogP) is 4.54. The summed E-state index contributed by atoms with van der Waals surface area (Å²) in [7, 11) is 1.51. The molecule has 1 unspecified atom stereocenters. The van der Waals surface area contributed by atoms with Crippen molar-refractivity contribution in [3.63, 3.8) is 0 Å². The van der Waals surface area contributed by atoms with Crippen molar-refractivity contribution >= 4 is 28.8 Å². The van der Waals surface area contributed by atoms with Crippen molar-refractivity contribution in [1.82, 2.24) is 0 Å². The van der Waals surface area contributed by atoms with Crippen LogP contribution in [0.1, 0.15) is 22.7 Å². The highest BCUT2D eigenvalue weighted by molar-refractivity contribution is 6.51.